The van der Waals surface area contributed by atoms with E-state index < -0.39 is 39.1 Å². The van der Waals surface area contributed by atoms with Gasteiger partial charge in [-0.2, -0.15) is 0 Å². The Hall–Kier alpha value is -4.65. The lowest BCUT2D eigenvalue weighted by molar-refractivity contribution is -0.394. The first-order chi connectivity index (χ1) is 16.1. The van der Waals surface area contributed by atoms with Crippen LogP contribution in [0.3, 0.4) is 0 Å². The number of nitro groups is 2. The van der Waals surface area contributed by atoms with Gasteiger partial charge in [0.2, 0.25) is 0 Å². The molecular weight excluding hydrogens is 466 g/mol. The van der Waals surface area contributed by atoms with E-state index in [0.717, 1.165) is 29.0 Å². The van der Waals surface area contributed by atoms with Gasteiger partial charge in [-0.05, 0) is 42.0 Å². The fraction of sp³-hybridized carbons (Fsp3) is 0.0952. The molecule has 1 atom stereocenters. The van der Waals surface area contributed by atoms with Gasteiger partial charge in [-0.3, -0.25) is 46.0 Å². The number of non-ortho nitro benzene ring substituents is 2. The maximum Gasteiger partial charge on any atom is 0.279 e. The number of hydrazine groups is 1. The fourth-order valence-electron chi connectivity index (χ4n) is 2.86. The highest BCUT2D eigenvalue weighted by Crippen LogP contribution is 2.23. The summed E-state index contributed by atoms with van der Waals surface area (Å²) in [5.41, 5.74) is 2.95. The lowest BCUT2D eigenvalue weighted by atomic mass is 10.1. The highest BCUT2D eigenvalue weighted by molar-refractivity contribution is 7.80. The summed E-state index contributed by atoms with van der Waals surface area (Å²) in [4.78, 5) is 44.8. The van der Waals surface area contributed by atoms with Gasteiger partial charge in [0.05, 0.1) is 21.5 Å². The van der Waals surface area contributed by atoms with Crippen LogP contribution in [0.2, 0.25) is 0 Å². The van der Waals surface area contributed by atoms with E-state index in [1.165, 1.54) is 6.92 Å². The van der Waals surface area contributed by atoms with Crippen LogP contribution in [0.5, 0.6) is 5.75 Å². The molecule has 0 aliphatic heterocycles. The van der Waals surface area contributed by atoms with Gasteiger partial charge in [0.1, 0.15) is 5.75 Å². The Balaban J connectivity index is 1.56. The van der Waals surface area contributed by atoms with Crippen LogP contribution in [0, 0.1) is 20.2 Å². The third-order valence-electron chi connectivity index (χ3n) is 4.52. The standard InChI is InChI=1S/C21H17N5O7S/c1-12(33-18-7-6-13-4-2-3-5-14(13)10-18)19(27)23-24-21(34)22-20(28)15-8-16(25(29)30)11-17(9-15)26(31)32/h2-12H,1H3,(H,23,27)(H2,22,24,28,34). The molecule has 3 aromatic rings. The Labute approximate surface area is 197 Å². The molecule has 3 N–H and O–H groups in total. The number of hydrogen-bond donors (Lipinski definition) is 3. The van der Waals surface area contributed by atoms with Crippen molar-refractivity contribution in [2.45, 2.75) is 13.0 Å². The maximum atomic E-state index is 12.3. The average Bonchev–Trinajstić information content (AvgIpc) is 2.81. The van der Waals surface area contributed by atoms with Gasteiger partial charge in [0.25, 0.3) is 23.2 Å². The van der Waals surface area contributed by atoms with Gasteiger partial charge < -0.3 is 4.74 Å². The molecule has 0 aliphatic rings. The molecule has 0 spiro atoms. The summed E-state index contributed by atoms with van der Waals surface area (Å²) in [6, 6.07) is 15.5. The van der Waals surface area contributed by atoms with Crippen molar-refractivity contribution >= 4 is 51.3 Å². The summed E-state index contributed by atoms with van der Waals surface area (Å²) in [7, 11) is 0. The number of thiocarbonyl (C=S) groups is 1. The Morgan fingerprint density at radius 3 is 2.15 bits per heavy atom. The van der Waals surface area contributed by atoms with Crippen LogP contribution in [0.1, 0.15) is 17.3 Å². The van der Waals surface area contributed by atoms with Crippen LogP contribution < -0.4 is 20.9 Å². The van der Waals surface area contributed by atoms with E-state index in [-0.39, 0.29) is 10.7 Å². The molecule has 3 aromatic carbocycles. The van der Waals surface area contributed by atoms with Gasteiger partial charge in [0, 0.05) is 12.1 Å². The van der Waals surface area contributed by atoms with Crippen molar-refractivity contribution in [1.82, 2.24) is 16.2 Å². The van der Waals surface area contributed by atoms with E-state index in [0.29, 0.717) is 5.75 Å². The molecule has 1 unspecified atom stereocenters. The van der Waals surface area contributed by atoms with Crippen molar-refractivity contribution in [3.05, 3.63) is 86.5 Å². The molecule has 0 aliphatic carbocycles. The number of nitrogens with one attached hydrogen (secondary N) is 3. The number of nitrogens with zero attached hydrogens (tertiary/aromatic N) is 2. The highest BCUT2D eigenvalue weighted by Gasteiger charge is 2.21. The van der Waals surface area contributed by atoms with Gasteiger partial charge in [-0.1, -0.05) is 30.3 Å². The van der Waals surface area contributed by atoms with Crippen molar-refractivity contribution in [3.8, 4) is 5.75 Å². The molecule has 12 nitrogen and oxygen atoms in total. The van der Waals surface area contributed by atoms with Crippen molar-refractivity contribution in [2.75, 3.05) is 0 Å². The molecule has 34 heavy (non-hydrogen) atoms. The molecule has 2 amide bonds. The first-order valence-electron chi connectivity index (χ1n) is 9.64. The highest BCUT2D eigenvalue weighted by atomic mass is 32.1. The fourth-order valence-corrected chi connectivity index (χ4v) is 3.01. The molecule has 0 aromatic heterocycles. The van der Waals surface area contributed by atoms with Crippen molar-refractivity contribution in [2.24, 2.45) is 0 Å². The van der Waals surface area contributed by atoms with Gasteiger partial charge in [-0.15, -0.1) is 0 Å². The maximum absolute atomic E-state index is 12.3. The number of ether oxygens (including phenoxy) is 1. The van der Waals surface area contributed by atoms with E-state index in [2.05, 4.69) is 16.2 Å². The number of benzene rings is 3. The van der Waals surface area contributed by atoms with Crippen molar-refractivity contribution < 1.29 is 24.2 Å². The van der Waals surface area contributed by atoms with Gasteiger partial charge in [0.15, 0.2) is 11.2 Å². The number of fused-ring (bicyclic) bond motifs is 1. The number of nitro benzene ring substituents is 2. The molecule has 3 rings (SSSR count). The Morgan fingerprint density at radius 2 is 1.53 bits per heavy atom. The number of rotatable bonds is 6. The molecule has 0 bridgehead atoms. The molecule has 13 heteroatoms. The van der Waals surface area contributed by atoms with Crippen LogP contribution in [-0.2, 0) is 4.79 Å². The number of amides is 2. The van der Waals surface area contributed by atoms with Crippen LogP contribution >= 0.6 is 12.2 Å². The van der Waals surface area contributed by atoms with Gasteiger partial charge in [-0.25, -0.2) is 0 Å². The molecule has 0 radical (unpaired) electrons. The smallest absolute Gasteiger partial charge is 0.279 e. The van der Waals surface area contributed by atoms with Crippen molar-refractivity contribution in [1.29, 1.82) is 0 Å². The summed E-state index contributed by atoms with van der Waals surface area (Å²) in [5.74, 6) is -1.07. The van der Waals surface area contributed by atoms with Crippen LogP contribution in [0.4, 0.5) is 11.4 Å². The average molecular weight is 483 g/mol. The SMILES string of the molecule is CC(Oc1ccc2ccccc2c1)C(=O)NNC(=S)NC(=O)c1cc([N+](=O)[O-])cc([N+](=O)[O-])c1. The number of carbonyl (C=O) groups is 2. The second-order valence-electron chi connectivity index (χ2n) is 6.92. The lowest BCUT2D eigenvalue weighted by Crippen LogP contribution is -2.51. The van der Waals surface area contributed by atoms with E-state index in [1.54, 1.807) is 12.1 Å². The van der Waals surface area contributed by atoms with Crippen LogP contribution in [0.15, 0.2) is 60.7 Å². The summed E-state index contributed by atoms with van der Waals surface area (Å²) in [5, 5.41) is 25.7. The van der Waals surface area contributed by atoms with E-state index in [9.17, 15) is 29.8 Å². The van der Waals surface area contributed by atoms with E-state index in [4.69, 9.17) is 17.0 Å². The molecule has 0 fully saturated rings. The normalized spacial score (nSPS) is 11.2. The Bertz CT molecular complexity index is 1280. The summed E-state index contributed by atoms with van der Waals surface area (Å²) in [6.45, 7) is 1.51. The van der Waals surface area contributed by atoms with Crippen LogP contribution in [0.25, 0.3) is 10.8 Å². The molecule has 0 saturated carbocycles. The molecule has 0 heterocycles. The zero-order valence-electron chi connectivity index (χ0n) is 17.5. The molecular formula is C21H17N5O7S. The predicted octanol–water partition coefficient (Wildman–Crippen LogP) is 2.76. The first kappa shape index (κ1) is 24.0. The number of hydrogen-bond acceptors (Lipinski definition) is 8. The zero-order chi connectivity index (χ0) is 24.8. The number of carbonyl (C=O) groups excluding carboxylic acids is 2. The van der Waals surface area contributed by atoms with Gasteiger partial charge >= 0.3 is 0 Å². The zero-order valence-corrected chi connectivity index (χ0v) is 18.3. The second-order valence-corrected chi connectivity index (χ2v) is 7.33. The summed E-state index contributed by atoms with van der Waals surface area (Å²) in [6.07, 6.45) is -0.924. The minimum atomic E-state index is -0.945. The minimum Gasteiger partial charge on any atom is -0.481 e. The van der Waals surface area contributed by atoms with E-state index >= 15 is 0 Å². The Kier molecular flexibility index (Phi) is 7.28. The Morgan fingerprint density at radius 1 is 0.912 bits per heavy atom. The lowest BCUT2D eigenvalue weighted by Gasteiger charge is -2.16. The van der Waals surface area contributed by atoms with Crippen molar-refractivity contribution in [3.63, 3.8) is 0 Å². The summed E-state index contributed by atoms with van der Waals surface area (Å²) < 4.78 is 5.63. The topological polar surface area (TPSA) is 166 Å². The predicted molar refractivity (Wildman–Crippen MR) is 125 cm³/mol. The quantitative estimate of drug-likeness (QED) is 0.271. The first-order valence-corrected chi connectivity index (χ1v) is 10.1. The summed E-state index contributed by atoms with van der Waals surface area (Å²) >= 11 is 4.92. The van der Waals surface area contributed by atoms with Crippen LogP contribution in [-0.4, -0.2) is 32.9 Å². The van der Waals surface area contributed by atoms with E-state index in [1.807, 2.05) is 30.3 Å². The molecule has 0 saturated heterocycles. The monoisotopic (exact) mass is 483 g/mol. The minimum absolute atomic E-state index is 0.342. The molecule has 174 valence electrons. The second kappa shape index (κ2) is 10.3. The third kappa shape index (κ3) is 5.98. The largest absolute Gasteiger partial charge is 0.481 e. The third-order valence-corrected chi connectivity index (χ3v) is 4.72.